The fourth-order valence-electron chi connectivity index (χ4n) is 4.40. The van der Waals surface area contributed by atoms with Crippen LogP contribution in [0.15, 0.2) is 66.0 Å². The molecule has 12 heteroatoms. The van der Waals surface area contributed by atoms with Gasteiger partial charge in [-0.05, 0) is 73.4 Å². The van der Waals surface area contributed by atoms with Crippen molar-refractivity contribution >= 4 is 27.3 Å². The van der Waals surface area contributed by atoms with E-state index in [-0.39, 0.29) is 11.4 Å². The highest BCUT2D eigenvalue weighted by molar-refractivity contribution is 7.92. The first kappa shape index (κ1) is 25.7. The van der Waals surface area contributed by atoms with E-state index in [0.717, 1.165) is 59.6 Å². The fourth-order valence-corrected chi connectivity index (χ4v) is 5.91. The van der Waals surface area contributed by atoms with Crippen LogP contribution < -0.4 is 9.62 Å². The van der Waals surface area contributed by atoms with Crippen molar-refractivity contribution in [2.75, 3.05) is 16.2 Å². The lowest BCUT2D eigenvalue weighted by molar-refractivity contribution is -0.137. The molecule has 5 rings (SSSR count). The van der Waals surface area contributed by atoms with Gasteiger partial charge in [0.2, 0.25) is 5.95 Å². The summed E-state index contributed by atoms with van der Waals surface area (Å²) in [5, 5.41) is 7.56. The van der Waals surface area contributed by atoms with E-state index in [2.05, 4.69) is 27.3 Å². The van der Waals surface area contributed by atoms with E-state index in [4.69, 9.17) is 0 Å². The van der Waals surface area contributed by atoms with Gasteiger partial charge in [-0.3, -0.25) is 8.99 Å². The molecule has 0 fully saturated rings. The van der Waals surface area contributed by atoms with Crippen LogP contribution in [0.1, 0.15) is 30.0 Å². The van der Waals surface area contributed by atoms with E-state index in [1.807, 2.05) is 23.9 Å². The molecule has 4 aromatic rings. The first-order chi connectivity index (χ1) is 18.1. The number of nitrogens with zero attached hydrogens (tertiary/aromatic N) is 5. The van der Waals surface area contributed by atoms with Crippen LogP contribution >= 0.6 is 0 Å². The second kappa shape index (κ2) is 9.75. The molecule has 0 saturated heterocycles. The Morgan fingerprint density at radius 2 is 1.84 bits per heavy atom. The number of halogens is 3. The maximum atomic E-state index is 13.2. The summed E-state index contributed by atoms with van der Waals surface area (Å²) >= 11 is 0. The molecule has 2 aromatic carbocycles. The average Bonchev–Trinajstić information content (AvgIpc) is 3.52. The highest BCUT2D eigenvalue weighted by atomic mass is 32.2. The summed E-state index contributed by atoms with van der Waals surface area (Å²) in [6.45, 7) is 5.02. The number of benzene rings is 2. The van der Waals surface area contributed by atoms with Crippen molar-refractivity contribution in [2.45, 2.75) is 44.3 Å². The minimum absolute atomic E-state index is 0.190. The molecule has 2 aromatic heterocycles. The number of aryl methyl sites for hydroxylation is 2. The number of alkyl halides is 3. The van der Waals surface area contributed by atoms with Gasteiger partial charge in [-0.1, -0.05) is 6.92 Å². The molecular weight excluding hydrogens is 517 g/mol. The van der Waals surface area contributed by atoms with Gasteiger partial charge in [-0.25, -0.2) is 18.4 Å². The number of fused-ring (bicyclic) bond motifs is 1. The lowest BCUT2D eigenvalue weighted by atomic mass is 10.1. The van der Waals surface area contributed by atoms with E-state index in [9.17, 15) is 21.6 Å². The minimum Gasteiger partial charge on any atom is -0.324 e. The lowest BCUT2D eigenvalue weighted by Gasteiger charge is -2.20. The molecule has 0 bridgehead atoms. The summed E-state index contributed by atoms with van der Waals surface area (Å²) < 4.78 is 68.1. The van der Waals surface area contributed by atoms with Crippen LogP contribution in [0.5, 0.6) is 0 Å². The number of hydrogen-bond acceptors (Lipinski definition) is 6. The third-order valence-corrected chi connectivity index (χ3v) is 8.12. The van der Waals surface area contributed by atoms with Crippen molar-refractivity contribution in [2.24, 2.45) is 0 Å². The zero-order chi connectivity index (χ0) is 27.1. The minimum atomic E-state index is -4.54. The summed E-state index contributed by atoms with van der Waals surface area (Å²) in [6, 6.07) is 8.77. The Hall–Kier alpha value is -3.93. The standard InChI is InChI=1S/C26H25F3N6O2S/c1-3-11-34-16-19(15-31-34)24-17(2)14-30-25(33-24)32-21-6-9-23-18(13-21)10-12-35(23)38(36,37)22-7-4-20(5-8-22)26(27,28)29/h4-9,13-16H,3,10-12H2,1-2H3,(H,30,32,33). The molecule has 0 spiro atoms. The summed E-state index contributed by atoms with van der Waals surface area (Å²) in [7, 11) is -4.02. The Morgan fingerprint density at radius 3 is 2.55 bits per heavy atom. The molecule has 1 aliphatic heterocycles. The Morgan fingerprint density at radius 1 is 1.08 bits per heavy atom. The molecule has 38 heavy (non-hydrogen) atoms. The molecule has 0 unspecified atom stereocenters. The molecule has 0 saturated carbocycles. The van der Waals surface area contributed by atoms with Crippen molar-refractivity contribution in [3.05, 3.63) is 77.7 Å². The zero-order valence-electron chi connectivity index (χ0n) is 20.7. The monoisotopic (exact) mass is 542 g/mol. The first-order valence-electron chi connectivity index (χ1n) is 12.0. The first-order valence-corrected chi connectivity index (χ1v) is 13.5. The molecule has 3 heterocycles. The second-order valence-electron chi connectivity index (χ2n) is 9.04. The smallest absolute Gasteiger partial charge is 0.324 e. The molecule has 1 aliphatic rings. The molecule has 0 aliphatic carbocycles. The highest BCUT2D eigenvalue weighted by Crippen LogP contribution is 2.36. The zero-order valence-corrected chi connectivity index (χ0v) is 21.5. The quantitative estimate of drug-likeness (QED) is 0.328. The van der Waals surface area contributed by atoms with Crippen molar-refractivity contribution in [3.8, 4) is 11.3 Å². The SMILES string of the molecule is CCCn1cc(-c2nc(Nc3ccc4c(c3)CCN4S(=O)(=O)c3ccc(C(F)(F)F)cc3)ncc2C)cn1. The van der Waals surface area contributed by atoms with Crippen LogP contribution in [0.3, 0.4) is 0 Å². The maximum Gasteiger partial charge on any atom is 0.416 e. The molecule has 1 N–H and O–H groups in total. The predicted octanol–water partition coefficient (Wildman–Crippen LogP) is 5.57. The molecule has 8 nitrogen and oxygen atoms in total. The van der Waals surface area contributed by atoms with Crippen LogP contribution in [0.4, 0.5) is 30.5 Å². The molecule has 0 radical (unpaired) electrons. The third-order valence-electron chi connectivity index (χ3n) is 6.29. The van der Waals surface area contributed by atoms with E-state index in [1.165, 1.54) is 4.31 Å². The summed E-state index contributed by atoms with van der Waals surface area (Å²) in [5.74, 6) is 0.390. The third kappa shape index (κ3) is 4.95. The van der Waals surface area contributed by atoms with Crippen molar-refractivity contribution < 1.29 is 21.6 Å². The normalized spacial score (nSPS) is 13.6. The van der Waals surface area contributed by atoms with Gasteiger partial charge >= 0.3 is 6.18 Å². The summed E-state index contributed by atoms with van der Waals surface area (Å²) in [6.07, 6.45) is 2.34. The summed E-state index contributed by atoms with van der Waals surface area (Å²) in [4.78, 5) is 8.85. The van der Waals surface area contributed by atoms with E-state index >= 15 is 0 Å². The van der Waals surface area contributed by atoms with Gasteiger partial charge in [0.1, 0.15) is 0 Å². The molecule has 0 atom stereocenters. The van der Waals surface area contributed by atoms with Gasteiger partial charge in [0.25, 0.3) is 10.0 Å². The van der Waals surface area contributed by atoms with Gasteiger partial charge in [0.05, 0.1) is 28.0 Å². The number of rotatable bonds is 7. The number of nitrogens with one attached hydrogen (secondary N) is 1. The topological polar surface area (TPSA) is 93.0 Å². The van der Waals surface area contributed by atoms with Crippen LogP contribution in [0, 0.1) is 6.92 Å². The lowest BCUT2D eigenvalue weighted by Crippen LogP contribution is -2.29. The van der Waals surface area contributed by atoms with Crippen LogP contribution in [0.2, 0.25) is 0 Å². The number of anilines is 3. The highest BCUT2D eigenvalue weighted by Gasteiger charge is 2.33. The van der Waals surface area contributed by atoms with Crippen LogP contribution in [-0.4, -0.2) is 34.7 Å². The van der Waals surface area contributed by atoms with Gasteiger partial charge in [-0.15, -0.1) is 0 Å². The maximum absolute atomic E-state index is 13.2. The van der Waals surface area contributed by atoms with Crippen molar-refractivity contribution in [1.82, 2.24) is 19.7 Å². The number of hydrogen-bond donors (Lipinski definition) is 1. The van der Waals surface area contributed by atoms with Crippen molar-refractivity contribution in [1.29, 1.82) is 0 Å². The van der Waals surface area contributed by atoms with E-state index in [0.29, 0.717) is 23.7 Å². The Kier molecular flexibility index (Phi) is 6.59. The Bertz CT molecular complexity index is 1580. The largest absolute Gasteiger partial charge is 0.416 e. The number of sulfonamides is 1. The van der Waals surface area contributed by atoms with Crippen molar-refractivity contribution in [3.63, 3.8) is 0 Å². The molecular formula is C26H25F3N6O2S. The molecule has 0 amide bonds. The van der Waals surface area contributed by atoms with Gasteiger partial charge in [0.15, 0.2) is 0 Å². The average molecular weight is 543 g/mol. The Balaban J connectivity index is 1.36. The fraction of sp³-hybridized carbons (Fsp3) is 0.269. The van der Waals surface area contributed by atoms with Gasteiger partial charge in [0, 0.05) is 36.7 Å². The van der Waals surface area contributed by atoms with E-state index < -0.39 is 21.8 Å². The van der Waals surface area contributed by atoms with Crippen LogP contribution in [0.25, 0.3) is 11.3 Å². The Labute approximate surface area is 218 Å². The van der Waals surface area contributed by atoms with Gasteiger partial charge < -0.3 is 5.32 Å². The molecule has 198 valence electrons. The van der Waals surface area contributed by atoms with E-state index in [1.54, 1.807) is 24.5 Å². The second-order valence-corrected chi connectivity index (χ2v) is 10.9. The van der Waals surface area contributed by atoms with Gasteiger partial charge in [-0.2, -0.15) is 18.3 Å². The number of aromatic nitrogens is 4. The summed E-state index contributed by atoms with van der Waals surface area (Å²) in [5.41, 5.74) is 3.63. The predicted molar refractivity (Wildman–Crippen MR) is 138 cm³/mol. The van der Waals surface area contributed by atoms with Crippen LogP contribution in [-0.2, 0) is 29.2 Å².